The van der Waals surface area contributed by atoms with Crippen molar-refractivity contribution in [2.75, 3.05) is 62.7 Å². The Kier molecular flexibility index (Phi) is 8.36. The molecule has 2 N–H and O–H groups in total. The number of hydrogen-bond donors (Lipinski definition) is 2. The number of anilines is 2. The normalized spacial score (nSPS) is 16.2. The highest BCUT2D eigenvalue weighted by molar-refractivity contribution is 7.92. The summed E-state index contributed by atoms with van der Waals surface area (Å²) in [6.45, 7) is 11.5. The van der Waals surface area contributed by atoms with E-state index in [1.807, 2.05) is 66.5 Å². The SMILES string of the molecule is COc1c(NC(=O)c2cc3cccc(CN4CCN(C(=O)N5CCC5)CC4)c3n2C)cc(C(C)(C)C)cc1NS(C)(=O)=O. The predicted octanol–water partition coefficient (Wildman–Crippen LogP) is 4.05. The number of urea groups is 1. The van der Waals surface area contributed by atoms with Crippen LogP contribution in [-0.2, 0) is 29.0 Å². The number of fused-ring (bicyclic) bond motifs is 1. The highest BCUT2D eigenvalue weighted by Gasteiger charge is 2.29. The zero-order valence-corrected chi connectivity index (χ0v) is 26.7. The summed E-state index contributed by atoms with van der Waals surface area (Å²) < 4.78 is 34.2. The summed E-state index contributed by atoms with van der Waals surface area (Å²) in [4.78, 5) is 32.5. The number of hydrogen-bond acceptors (Lipinski definition) is 6. The molecule has 0 spiro atoms. The summed E-state index contributed by atoms with van der Waals surface area (Å²) in [5, 5.41) is 3.93. The fourth-order valence-electron chi connectivity index (χ4n) is 5.73. The second kappa shape index (κ2) is 11.7. The minimum absolute atomic E-state index is 0.148. The van der Waals surface area contributed by atoms with Gasteiger partial charge < -0.3 is 24.4 Å². The predicted molar refractivity (Wildman–Crippen MR) is 169 cm³/mol. The first kappa shape index (κ1) is 30.7. The highest BCUT2D eigenvalue weighted by atomic mass is 32.2. The number of likely N-dealkylation sites (tertiary alicyclic amines) is 1. The van der Waals surface area contributed by atoms with E-state index in [0.29, 0.717) is 31.0 Å². The minimum atomic E-state index is -3.59. The first-order valence-corrected chi connectivity index (χ1v) is 16.5. The van der Waals surface area contributed by atoms with Gasteiger partial charge in [0.05, 0.1) is 30.3 Å². The summed E-state index contributed by atoms with van der Waals surface area (Å²) >= 11 is 0. The maximum Gasteiger partial charge on any atom is 0.320 e. The third-order valence-corrected chi connectivity index (χ3v) is 8.83. The summed E-state index contributed by atoms with van der Waals surface area (Å²) in [5.74, 6) is -0.101. The number of sulfonamides is 1. The van der Waals surface area contributed by atoms with Gasteiger partial charge in [0.15, 0.2) is 5.75 Å². The van der Waals surface area contributed by atoms with Gasteiger partial charge in [0.2, 0.25) is 10.0 Å². The number of para-hydroxylation sites is 1. The van der Waals surface area contributed by atoms with Crippen LogP contribution in [0.5, 0.6) is 5.75 Å². The van der Waals surface area contributed by atoms with Crippen LogP contribution in [0.15, 0.2) is 36.4 Å². The fraction of sp³-hybridized carbons (Fsp3) is 0.484. The van der Waals surface area contributed by atoms with Crippen molar-refractivity contribution in [1.29, 1.82) is 0 Å². The van der Waals surface area contributed by atoms with E-state index >= 15 is 0 Å². The van der Waals surface area contributed by atoms with Crippen LogP contribution in [-0.4, -0.2) is 92.3 Å². The molecule has 0 atom stereocenters. The number of rotatable bonds is 7. The molecule has 3 amide bonds. The number of aryl methyl sites for hydroxylation is 1. The van der Waals surface area contributed by atoms with Gasteiger partial charge in [-0.2, -0.15) is 0 Å². The molecule has 0 bridgehead atoms. The van der Waals surface area contributed by atoms with E-state index in [2.05, 4.69) is 21.0 Å². The van der Waals surface area contributed by atoms with Gasteiger partial charge in [-0.15, -0.1) is 0 Å². The van der Waals surface area contributed by atoms with Crippen molar-refractivity contribution in [2.45, 2.75) is 39.2 Å². The van der Waals surface area contributed by atoms with E-state index in [1.54, 1.807) is 6.07 Å². The van der Waals surface area contributed by atoms with Crippen LogP contribution < -0.4 is 14.8 Å². The van der Waals surface area contributed by atoms with E-state index in [-0.39, 0.29) is 28.8 Å². The average Bonchev–Trinajstić information content (AvgIpc) is 3.24. The highest BCUT2D eigenvalue weighted by Crippen LogP contribution is 2.39. The van der Waals surface area contributed by atoms with Gasteiger partial charge in [0.1, 0.15) is 5.69 Å². The lowest BCUT2D eigenvalue weighted by molar-refractivity contribution is 0.0940. The van der Waals surface area contributed by atoms with Gasteiger partial charge in [-0.1, -0.05) is 39.0 Å². The molecule has 2 aliphatic rings. The topological polar surface area (TPSA) is 116 Å². The molecule has 232 valence electrons. The number of nitrogens with one attached hydrogen (secondary N) is 2. The maximum absolute atomic E-state index is 13.7. The lowest BCUT2D eigenvalue weighted by Gasteiger charge is -2.40. The Morgan fingerprint density at radius 3 is 2.19 bits per heavy atom. The Bertz CT molecular complexity index is 1650. The van der Waals surface area contributed by atoms with E-state index in [1.165, 1.54) is 7.11 Å². The Hall–Kier alpha value is -3.77. The monoisotopic (exact) mass is 610 g/mol. The van der Waals surface area contributed by atoms with Crippen molar-refractivity contribution < 1.29 is 22.7 Å². The molecule has 3 aromatic rings. The van der Waals surface area contributed by atoms with E-state index < -0.39 is 10.0 Å². The number of nitrogens with zero attached hydrogens (tertiary/aromatic N) is 4. The van der Waals surface area contributed by atoms with Crippen LogP contribution in [0.3, 0.4) is 0 Å². The van der Waals surface area contributed by atoms with E-state index in [9.17, 15) is 18.0 Å². The first-order chi connectivity index (χ1) is 20.2. The van der Waals surface area contributed by atoms with Crippen LogP contribution in [0.4, 0.5) is 16.2 Å². The molecule has 2 saturated heterocycles. The van der Waals surface area contributed by atoms with E-state index in [4.69, 9.17) is 4.74 Å². The second-order valence-electron chi connectivity index (χ2n) is 12.5. The number of amides is 3. The lowest BCUT2D eigenvalue weighted by Crippen LogP contribution is -2.55. The van der Waals surface area contributed by atoms with Gasteiger partial charge in [-0.05, 0) is 41.2 Å². The van der Waals surface area contributed by atoms with Crippen LogP contribution >= 0.6 is 0 Å². The molecule has 2 fully saturated rings. The molecule has 2 aliphatic heterocycles. The molecule has 0 unspecified atom stereocenters. The van der Waals surface area contributed by atoms with Crippen molar-refractivity contribution >= 4 is 44.2 Å². The number of piperazine rings is 1. The second-order valence-corrected chi connectivity index (χ2v) is 14.3. The van der Waals surface area contributed by atoms with Crippen LogP contribution in [0.25, 0.3) is 10.9 Å². The molecule has 5 rings (SSSR count). The average molecular weight is 611 g/mol. The van der Waals surface area contributed by atoms with Crippen molar-refractivity contribution in [3.8, 4) is 5.75 Å². The molecule has 0 radical (unpaired) electrons. The summed E-state index contributed by atoms with van der Waals surface area (Å²) in [7, 11) is -0.270. The van der Waals surface area contributed by atoms with Gasteiger partial charge in [0.25, 0.3) is 5.91 Å². The number of benzene rings is 2. The summed E-state index contributed by atoms with van der Waals surface area (Å²) in [5.41, 5.74) is 3.70. The van der Waals surface area contributed by atoms with E-state index in [0.717, 1.165) is 60.9 Å². The van der Waals surface area contributed by atoms with Crippen molar-refractivity contribution in [3.05, 3.63) is 53.2 Å². The number of carbonyl (C=O) groups is 2. The van der Waals surface area contributed by atoms with Crippen LogP contribution in [0.1, 0.15) is 48.8 Å². The number of aromatic nitrogens is 1. The quantitative estimate of drug-likeness (QED) is 0.417. The maximum atomic E-state index is 13.7. The van der Waals surface area contributed by atoms with Crippen molar-refractivity contribution in [1.82, 2.24) is 19.3 Å². The number of ether oxygens (including phenoxy) is 1. The van der Waals surface area contributed by atoms with Gasteiger partial charge in [-0.25, -0.2) is 13.2 Å². The summed E-state index contributed by atoms with van der Waals surface area (Å²) in [6, 6.07) is 11.7. The standard InChI is InChI=1S/C31H42N6O5S/c1-31(2,3)23-18-24(28(42-5)25(19-23)33-43(6,40)41)32-29(38)26-17-21-9-7-10-22(27(21)34(26)4)20-35-13-15-37(16-14-35)30(39)36-11-8-12-36/h7,9-10,17-19,33H,8,11-16,20H2,1-6H3,(H,32,38). The molecule has 3 heterocycles. The first-order valence-electron chi connectivity index (χ1n) is 14.6. The molecule has 0 saturated carbocycles. The lowest BCUT2D eigenvalue weighted by atomic mass is 9.86. The molecule has 43 heavy (non-hydrogen) atoms. The van der Waals surface area contributed by atoms with Crippen LogP contribution in [0, 0.1) is 0 Å². The fourth-order valence-corrected chi connectivity index (χ4v) is 6.28. The Morgan fingerprint density at radius 1 is 0.953 bits per heavy atom. The largest absolute Gasteiger partial charge is 0.492 e. The van der Waals surface area contributed by atoms with Crippen molar-refractivity contribution in [3.63, 3.8) is 0 Å². The molecular weight excluding hydrogens is 568 g/mol. The van der Waals surface area contributed by atoms with Crippen LogP contribution in [0.2, 0.25) is 0 Å². The smallest absolute Gasteiger partial charge is 0.320 e. The van der Waals surface area contributed by atoms with Gasteiger partial charge in [-0.3, -0.25) is 14.4 Å². The molecule has 12 heteroatoms. The number of carbonyl (C=O) groups excluding carboxylic acids is 2. The number of methoxy groups -OCH3 is 1. The molecule has 1 aromatic heterocycles. The molecule has 11 nitrogen and oxygen atoms in total. The third-order valence-electron chi connectivity index (χ3n) is 8.24. The molecule has 2 aromatic carbocycles. The zero-order chi connectivity index (χ0) is 31.1. The Labute approximate surface area is 253 Å². The Balaban J connectivity index is 1.39. The van der Waals surface area contributed by atoms with Gasteiger partial charge in [0, 0.05) is 58.2 Å². The Morgan fingerprint density at radius 2 is 1.60 bits per heavy atom. The molecule has 0 aliphatic carbocycles. The molecular formula is C31H42N6O5S. The van der Waals surface area contributed by atoms with Gasteiger partial charge >= 0.3 is 6.03 Å². The van der Waals surface area contributed by atoms with Crippen molar-refractivity contribution in [2.24, 2.45) is 7.05 Å². The zero-order valence-electron chi connectivity index (χ0n) is 25.9. The third kappa shape index (κ3) is 6.59. The minimum Gasteiger partial charge on any atom is -0.492 e. The summed E-state index contributed by atoms with van der Waals surface area (Å²) in [6.07, 6.45) is 2.17.